The average molecular weight is 360 g/mol. The second-order valence-electron chi connectivity index (χ2n) is 4.96. The Hall–Kier alpha value is -2.38. The van der Waals surface area contributed by atoms with Gasteiger partial charge in [-0.05, 0) is 43.3 Å². The summed E-state index contributed by atoms with van der Waals surface area (Å²) in [6, 6.07) is 10.6. The third kappa shape index (κ3) is 4.12. The summed E-state index contributed by atoms with van der Waals surface area (Å²) in [5.74, 6) is 0.516. The van der Waals surface area contributed by atoms with E-state index in [2.05, 4.69) is 25.5 Å². The number of carbonyl (C=O) groups is 1. The van der Waals surface area contributed by atoms with Crippen LogP contribution in [-0.4, -0.2) is 31.3 Å². The summed E-state index contributed by atoms with van der Waals surface area (Å²) in [6.07, 6.45) is 3.37. The number of thioether (sulfide) groups is 1. The average Bonchev–Trinajstić information content (AvgIpc) is 3.06. The molecule has 0 unspecified atom stereocenters. The number of H-pyrrole nitrogens is 1. The van der Waals surface area contributed by atoms with E-state index >= 15 is 0 Å². The van der Waals surface area contributed by atoms with E-state index in [1.165, 1.54) is 11.8 Å². The molecule has 8 heteroatoms. The van der Waals surface area contributed by atoms with Gasteiger partial charge in [-0.2, -0.15) is 0 Å². The fraction of sp³-hybridized carbons (Fsp3) is 0.125. The van der Waals surface area contributed by atoms with Crippen molar-refractivity contribution in [3.8, 4) is 11.4 Å². The number of halogens is 1. The molecule has 0 aliphatic carbocycles. The van der Waals surface area contributed by atoms with Gasteiger partial charge in [-0.3, -0.25) is 14.9 Å². The van der Waals surface area contributed by atoms with Crippen molar-refractivity contribution in [3.63, 3.8) is 0 Å². The monoisotopic (exact) mass is 359 g/mol. The van der Waals surface area contributed by atoms with E-state index in [1.807, 2.05) is 12.1 Å². The molecule has 0 aliphatic heterocycles. The van der Waals surface area contributed by atoms with Crippen molar-refractivity contribution in [3.05, 3.63) is 53.8 Å². The lowest BCUT2D eigenvalue weighted by molar-refractivity contribution is -0.115. The number of pyridine rings is 1. The molecule has 0 aliphatic rings. The van der Waals surface area contributed by atoms with Crippen LogP contribution in [-0.2, 0) is 4.79 Å². The van der Waals surface area contributed by atoms with Crippen LogP contribution in [0.5, 0.6) is 0 Å². The predicted molar refractivity (Wildman–Crippen MR) is 95.0 cm³/mol. The Labute approximate surface area is 148 Å². The van der Waals surface area contributed by atoms with Crippen molar-refractivity contribution in [1.29, 1.82) is 0 Å². The van der Waals surface area contributed by atoms with Crippen molar-refractivity contribution in [2.24, 2.45) is 0 Å². The summed E-state index contributed by atoms with van der Waals surface area (Å²) in [5, 5.41) is 10.6. The molecular formula is C16H14ClN5OS. The van der Waals surface area contributed by atoms with E-state index in [9.17, 15) is 4.79 Å². The fourth-order valence-electron chi connectivity index (χ4n) is 1.93. The first-order chi connectivity index (χ1) is 11.6. The van der Waals surface area contributed by atoms with Crippen molar-refractivity contribution in [2.75, 3.05) is 5.32 Å². The molecule has 1 amide bonds. The van der Waals surface area contributed by atoms with Crippen molar-refractivity contribution >= 4 is 35.0 Å². The zero-order valence-electron chi connectivity index (χ0n) is 12.7. The Balaban J connectivity index is 1.62. The minimum Gasteiger partial charge on any atom is -0.325 e. The fourth-order valence-corrected chi connectivity index (χ4v) is 2.78. The quantitative estimate of drug-likeness (QED) is 0.679. The van der Waals surface area contributed by atoms with Gasteiger partial charge in [0.2, 0.25) is 11.1 Å². The topological polar surface area (TPSA) is 83.6 Å². The summed E-state index contributed by atoms with van der Waals surface area (Å²) >= 11 is 7.11. The number of benzene rings is 1. The highest BCUT2D eigenvalue weighted by atomic mass is 35.5. The normalized spacial score (nSPS) is 11.9. The SMILES string of the molecule is C[C@@H](Sc1n[nH]c(-c2ccncc2)n1)C(=O)Nc1ccc(Cl)cc1. The van der Waals surface area contributed by atoms with Gasteiger partial charge in [0.25, 0.3) is 0 Å². The zero-order chi connectivity index (χ0) is 16.9. The summed E-state index contributed by atoms with van der Waals surface area (Å²) < 4.78 is 0. The largest absolute Gasteiger partial charge is 0.325 e. The second-order valence-corrected chi connectivity index (χ2v) is 6.70. The van der Waals surface area contributed by atoms with Crippen molar-refractivity contribution in [1.82, 2.24) is 20.2 Å². The van der Waals surface area contributed by atoms with Gasteiger partial charge >= 0.3 is 0 Å². The molecule has 1 atom stereocenters. The smallest absolute Gasteiger partial charge is 0.237 e. The molecule has 2 aromatic heterocycles. The molecule has 0 spiro atoms. The molecule has 0 saturated heterocycles. The Morgan fingerprint density at radius 2 is 1.92 bits per heavy atom. The molecule has 1 aromatic carbocycles. The highest BCUT2D eigenvalue weighted by Crippen LogP contribution is 2.23. The van der Waals surface area contributed by atoms with Crippen LogP contribution in [0.15, 0.2) is 53.9 Å². The lowest BCUT2D eigenvalue weighted by Gasteiger charge is -2.10. The van der Waals surface area contributed by atoms with Crippen LogP contribution >= 0.6 is 23.4 Å². The number of nitrogens with one attached hydrogen (secondary N) is 2. The van der Waals surface area contributed by atoms with Crippen LogP contribution < -0.4 is 5.32 Å². The third-order valence-electron chi connectivity index (χ3n) is 3.18. The summed E-state index contributed by atoms with van der Waals surface area (Å²) in [7, 11) is 0. The molecule has 3 aromatic rings. The molecule has 2 N–H and O–H groups in total. The lowest BCUT2D eigenvalue weighted by atomic mass is 10.3. The predicted octanol–water partition coefficient (Wildman–Crippen LogP) is 3.64. The highest BCUT2D eigenvalue weighted by Gasteiger charge is 2.17. The van der Waals surface area contributed by atoms with Gasteiger partial charge in [-0.1, -0.05) is 23.4 Å². The molecule has 6 nitrogen and oxygen atoms in total. The Bertz CT molecular complexity index is 822. The zero-order valence-corrected chi connectivity index (χ0v) is 14.3. The molecule has 122 valence electrons. The highest BCUT2D eigenvalue weighted by molar-refractivity contribution is 8.00. The first-order valence-electron chi connectivity index (χ1n) is 7.18. The summed E-state index contributed by atoms with van der Waals surface area (Å²) in [5.41, 5.74) is 1.59. The van der Waals surface area contributed by atoms with Crippen LogP contribution in [0.1, 0.15) is 6.92 Å². The molecule has 3 rings (SSSR count). The van der Waals surface area contributed by atoms with E-state index in [0.717, 1.165) is 5.56 Å². The number of rotatable bonds is 5. The maximum atomic E-state index is 12.2. The van der Waals surface area contributed by atoms with Crippen LogP contribution in [0.3, 0.4) is 0 Å². The summed E-state index contributed by atoms with van der Waals surface area (Å²) in [4.78, 5) is 20.6. The molecule has 0 saturated carbocycles. The molecule has 24 heavy (non-hydrogen) atoms. The van der Waals surface area contributed by atoms with Crippen molar-refractivity contribution in [2.45, 2.75) is 17.3 Å². The molecular weight excluding hydrogens is 346 g/mol. The number of carbonyl (C=O) groups excluding carboxylic acids is 1. The van der Waals surface area contributed by atoms with Crippen LogP contribution in [0.25, 0.3) is 11.4 Å². The second kappa shape index (κ2) is 7.46. The van der Waals surface area contributed by atoms with E-state index < -0.39 is 0 Å². The number of hydrogen-bond acceptors (Lipinski definition) is 5. The number of aromatic nitrogens is 4. The first kappa shape index (κ1) is 16.5. The number of nitrogens with zero attached hydrogens (tertiary/aromatic N) is 3. The Morgan fingerprint density at radius 3 is 2.62 bits per heavy atom. The summed E-state index contributed by atoms with van der Waals surface area (Å²) in [6.45, 7) is 1.80. The Morgan fingerprint density at radius 1 is 1.21 bits per heavy atom. The first-order valence-corrected chi connectivity index (χ1v) is 8.43. The van der Waals surface area contributed by atoms with Gasteiger partial charge in [-0.15, -0.1) is 5.10 Å². The molecule has 0 radical (unpaired) electrons. The minimum absolute atomic E-state index is 0.127. The van der Waals surface area contributed by atoms with Gasteiger partial charge in [0.05, 0.1) is 5.25 Å². The van der Waals surface area contributed by atoms with Crippen LogP contribution in [0, 0.1) is 0 Å². The third-order valence-corrected chi connectivity index (χ3v) is 4.39. The van der Waals surface area contributed by atoms with Gasteiger partial charge in [0, 0.05) is 28.7 Å². The number of amides is 1. The van der Waals surface area contributed by atoms with E-state index in [0.29, 0.717) is 21.7 Å². The molecule has 2 heterocycles. The van der Waals surface area contributed by atoms with E-state index in [4.69, 9.17) is 11.6 Å². The maximum absolute atomic E-state index is 12.2. The van der Waals surface area contributed by atoms with Crippen molar-refractivity contribution < 1.29 is 4.79 Å². The van der Waals surface area contributed by atoms with E-state index in [-0.39, 0.29) is 11.2 Å². The van der Waals surface area contributed by atoms with Crippen LogP contribution in [0.4, 0.5) is 5.69 Å². The number of anilines is 1. The van der Waals surface area contributed by atoms with Gasteiger partial charge in [0.1, 0.15) is 0 Å². The standard InChI is InChI=1S/C16H14ClN5OS/c1-10(15(23)19-13-4-2-12(17)3-5-13)24-16-20-14(21-22-16)11-6-8-18-9-7-11/h2-10H,1H3,(H,19,23)(H,20,21,22)/t10-/m1/s1. The number of aromatic amines is 1. The minimum atomic E-state index is -0.346. The Kier molecular flexibility index (Phi) is 5.12. The lowest BCUT2D eigenvalue weighted by Crippen LogP contribution is -2.22. The van der Waals surface area contributed by atoms with Gasteiger partial charge < -0.3 is 5.32 Å². The van der Waals surface area contributed by atoms with Gasteiger partial charge in [-0.25, -0.2) is 4.98 Å². The maximum Gasteiger partial charge on any atom is 0.237 e. The van der Waals surface area contributed by atoms with Gasteiger partial charge in [0.15, 0.2) is 5.82 Å². The molecule has 0 fully saturated rings. The number of hydrogen-bond donors (Lipinski definition) is 2. The van der Waals surface area contributed by atoms with Crippen LogP contribution in [0.2, 0.25) is 5.02 Å². The molecule has 0 bridgehead atoms. The van der Waals surface area contributed by atoms with E-state index in [1.54, 1.807) is 43.6 Å².